The molecule has 0 fully saturated rings. The van der Waals surface area contributed by atoms with Gasteiger partial charge in [0.05, 0.1) is 0 Å². The van der Waals surface area contributed by atoms with Gasteiger partial charge < -0.3 is 22.4 Å². The molecule has 0 saturated heterocycles. The Morgan fingerprint density at radius 2 is 0.830 bits per heavy atom. The summed E-state index contributed by atoms with van der Waals surface area (Å²) >= 11 is 0. The summed E-state index contributed by atoms with van der Waals surface area (Å²) in [4.78, 5) is 13.5. The maximum atomic E-state index is 13.5. The number of carbonyl (C=O) groups excluding carboxylic acids is 1. The fourth-order valence-electron chi connectivity index (χ4n) is 6.06. The lowest BCUT2D eigenvalue weighted by Gasteiger charge is -2.33. The molecule has 7 aliphatic heterocycles. The van der Waals surface area contributed by atoms with E-state index in [1.54, 1.807) is 0 Å². The highest BCUT2D eigenvalue weighted by Crippen LogP contribution is 2.35. The number of benzene rings is 4. The molecule has 8 bridgehead atoms. The summed E-state index contributed by atoms with van der Waals surface area (Å²) in [5.74, 6) is 4.47. The molecule has 0 saturated carbocycles. The number of carbonyl (C=O) groups is 1. The van der Waals surface area contributed by atoms with Gasteiger partial charge in [0.15, 0.2) is 5.78 Å². The number of hydrogen-bond donors (Lipinski definition) is 0. The van der Waals surface area contributed by atoms with E-state index in [1.807, 2.05) is 111 Å². The number of rotatable bonds is 0. The normalized spacial score (nSPS) is 19.2. The van der Waals surface area contributed by atoms with Crippen LogP contribution in [-0.4, -0.2) is 22.9 Å². The first kappa shape index (κ1) is 34.5. The summed E-state index contributed by atoms with van der Waals surface area (Å²) < 4.78 is 31.5. The lowest BCUT2D eigenvalue weighted by atomic mass is 9.77. The van der Waals surface area contributed by atoms with Crippen LogP contribution in [0, 0.1) is 5.41 Å². The Morgan fingerprint density at radius 3 is 1.26 bits per heavy atom. The molecular weight excluding hydrogens is 621 g/mol. The first-order chi connectivity index (χ1) is 22.1. The van der Waals surface area contributed by atoms with Gasteiger partial charge in [0.2, 0.25) is 0 Å². The van der Waals surface area contributed by atoms with Crippen LogP contribution in [0.2, 0.25) is 26.2 Å². The summed E-state index contributed by atoms with van der Waals surface area (Å²) in [7, 11) is -5.19. The number of ketones is 1. The van der Waals surface area contributed by atoms with Crippen LogP contribution < -0.4 is 18.3 Å². The minimum atomic E-state index is -2.60. The third-order valence-corrected chi connectivity index (χ3v) is 13.9. The Balaban J connectivity index is 1.37. The van der Waals surface area contributed by atoms with Crippen LogP contribution in [0.3, 0.4) is 0 Å². The molecule has 7 heterocycles. The molecule has 248 valence electrons. The van der Waals surface area contributed by atoms with Gasteiger partial charge in [-0.3, -0.25) is 4.79 Å². The van der Waals surface area contributed by atoms with Crippen molar-refractivity contribution in [2.24, 2.45) is 5.41 Å². The second-order valence-electron chi connectivity index (χ2n) is 14.6. The smallest absolute Gasteiger partial charge is 0.384 e. The lowest BCUT2D eigenvalue weighted by Crippen LogP contribution is -2.52. The molecule has 0 radical (unpaired) electrons. The van der Waals surface area contributed by atoms with E-state index < -0.39 is 22.5 Å². The second-order valence-corrected chi connectivity index (χ2v) is 21.4. The van der Waals surface area contributed by atoms with E-state index in [-0.39, 0.29) is 11.2 Å². The van der Waals surface area contributed by atoms with Gasteiger partial charge in [-0.1, -0.05) is 52.7 Å². The maximum absolute atomic E-state index is 13.5. The van der Waals surface area contributed by atoms with Crippen molar-refractivity contribution in [2.45, 2.75) is 85.0 Å². The Bertz CT molecular complexity index is 1640. The van der Waals surface area contributed by atoms with Crippen LogP contribution in [0.1, 0.15) is 69.3 Å². The van der Waals surface area contributed by atoms with E-state index in [2.05, 4.69) is 39.8 Å². The van der Waals surface area contributed by atoms with Crippen molar-refractivity contribution in [2.75, 3.05) is 0 Å². The summed E-state index contributed by atoms with van der Waals surface area (Å²) in [5, 5.41) is 0. The Hall–Kier alpha value is -3.86. The van der Waals surface area contributed by atoms with Crippen molar-refractivity contribution in [3.05, 3.63) is 108 Å². The highest BCUT2D eigenvalue weighted by molar-refractivity contribution is 6.79. The number of Topliss-reactive ketones (excluding diaryl/α,β-unsaturated/α-hetero) is 1. The minimum Gasteiger partial charge on any atom is -0.521 e. The minimum absolute atomic E-state index is 0.00349. The summed E-state index contributed by atoms with van der Waals surface area (Å²) in [6.07, 6.45) is 3.88. The van der Waals surface area contributed by atoms with E-state index in [9.17, 15) is 4.79 Å². The fourth-order valence-corrected chi connectivity index (χ4v) is 12.5. The molecule has 0 N–H and O–H groups in total. The average molecular weight is 669 g/mol. The molecule has 11 rings (SSSR count). The fraction of sp³-hybridized carbons (Fsp3) is 0.359. The van der Waals surface area contributed by atoms with Crippen LogP contribution in [0.4, 0.5) is 0 Å². The molecule has 0 atom stereocenters. The number of ether oxygens (including phenoxy) is 2. The Kier molecular flexibility index (Phi) is 10.1. The zero-order valence-electron chi connectivity index (χ0n) is 29.0. The third kappa shape index (κ3) is 9.37. The molecule has 0 unspecified atom stereocenters. The Morgan fingerprint density at radius 1 is 0.489 bits per heavy atom. The van der Waals surface area contributed by atoms with Gasteiger partial charge in [0, 0.05) is 11.0 Å². The molecular formula is C39H48O6Si2. The van der Waals surface area contributed by atoms with Crippen LogP contribution in [0.15, 0.2) is 97.1 Å². The van der Waals surface area contributed by atoms with Crippen molar-refractivity contribution in [1.29, 1.82) is 0 Å². The maximum Gasteiger partial charge on any atom is 0.384 e. The monoisotopic (exact) mass is 668 g/mol. The molecule has 4 aromatic carbocycles. The van der Waals surface area contributed by atoms with Crippen LogP contribution >= 0.6 is 0 Å². The lowest BCUT2D eigenvalue weighted by molar-refractivity contribution is 0.0822. The van der Waals surface area contributed by atoms with Gasteiger partial charge in [-0.05, 0) is 135 Å². The predicted molar refractivity (Wildman–Crippen MR) is 193 cm³/mol. The predicted octanol–water partition coefficient (Wildman–Crippen LogP) is 11.2. The van der Waals surface area contributed by atoms with E-state index in [0.717, 1.165) is 42.9 Å². The quantitative estimate of drug-likeness (QED) is 0.174. The summed E-state index contributed by atoms with van der Waals surface area (Å²) in [6.45, 7) is 16.8. The van der Waals surface area contributed by atoms with Crippen molar-refractivity contribution >= 4 is 22.9 Å². The molecule has 4 aromatic rings. The topological polar surface area (TPSA) is 63.2 Å². The van der Waals surface area contributed by atoms with E-state index in [4.69, 9.17) is 22.4 Å². The molecule has 0 amide bonds. The average Bonchev–Trinajstić information content (AvgIpc) is 3.00. The molecule has 47 heavy (non-hydrogen) atoms. The van der Waals surface area contributed by atoms with Gasteiger partial charge in [0.1, 0.15) is 34.5 Å². The van der Waals surface area contributed by atoms with Crippen molar-refractivity contribution < 1.29 is 27.2 Å². The van der Waals surface area contributed by atoms with E-state index in [1.165, 1.54) is 5.56 Å². The Labute approximate surface area is 282 Å². The molecule has 8 heteroatoms. The number of hydrogen-bond acceptors (Lipinski definition) is 6. The van der Waals surface area contributed by atoms with Gasteiger partial charge in [-0.15, -0.1) is 0 Å². The van der Waals surface area contributed by atoms with E-state index >= 15 is 0 Å². The van der Waals surface area contributed by atoms with Gasteiger partial charge in [-0.25, -0.2) is 0 Å². The molecule has 6 nitrogen and oxygen atoms in total. The first-order valence-corrected chi connectivity index (χ1v) is 22.1. The van der Waals surface area contributed by atoms with Crippen molar-refractivity contribution in [3.8, 4) is 34.5 Å². The molecule has 0 aromatic heterocycles. The highest BCUT2D eigenvalue weighted by Gasteiger charge is 2.39. The van der Waals surface area contributed by atoms with E-state index in [0.29, 0.717) is 22.8 Å². The summed E-state index contributed by atoms with van der Waals surface area (Å²) in [6, 6.07) is 31.0. The standard InChI is InChI=1S/C39H48O6Si2/c1-38(2)27-9-10-28-39(3,4)37(40)29-11-15-31(16-12-29)41-33-19-23-35(24-20-33)43-46(5,6)45-47(7,8)44-36-25-21-34(22-26-36)42-32-17-13-30(38)14-18-32/h11-26H,9-10,27-28H2,1-8H3. The SMILES string of the molecule is CC1(C)CCCCC(C)(C)c2ccc(cc2)Oc2ccc(cc2)O[Si](C)(C)O[Si](C)(C)Oc2ccc(cc2)Oc2ccc(cc2)C1=O. The van der Waals surface area contributed by atoms with Crippen molar-refractivity contribution in [3.63, 3.8) is 0 Å². The van der Waals surface area contributed by atoms with Gasteiger partial charge in [0.25, 0.3) is 0 Å². The zero-order valence-corrected chi connectivity index (χ0v) is 31.0. The highest BCUT2D eigenvalue weighted by atomic mass is 28.5. The van der Waals surface area contributed by atoms with Crippen molar-refractivity contribution in [1.82, 2.24) is 0 Å². The van der Waals surface area contributed by atoms with Gasteiger partial charge >= 0.3 is 17.1 Å². The third-order valence-electron chi connectivity index (χ3n) is 8.56. The van der Waals surface area contributed by atoms with Crippen LogP contribution in [0.25, 0.3) is 0 Å². The largest absolute Gasteiger partial charge is 0.521 e. The molecule has 7 aliphatic rings. The first-order valence-electron chi connectivity index (χ1n) is 16.5. The molecule has 0 aliphatic carbocycles. The van der Waals surface area contributed by atoms with Crippen LogP contribution in [0.5, 0.6) is 34.5 Å². The van der Waals surface area contributed by atoms with Crippen LogP contribution in [-0.2, 0) is 9.53 Å². The summed E-state index contributed by atoms with van der Waals surface area (Å²) in [5.41, 5.74) is 1.52. The second kappa shape index (κ2) is 13.7. The van der Waals surface area contributed by atoms with Gasteiger partial charge in [-0.2, -0.15) is 0 Å². The molecule has 0 spiro atoms. The zero-order chi connectivity index (χ0) is 33.9.